The van der Waals surface area contributed by atoms with Gasteiger partial charge in [0.05, 0.1) is 16.1 Å². The maximum absolute atomic E-state index is 12.0. The minimum absolute atomic E-state index is 0.0154. The van der Waals surface area contributed by atoms with Crippen LogP contribution in [0.5, 0.6) is 0 Å². The Morgan fingerprint density at radius 3 is 2.62 bits per heavy atom. The Kier molecular flexibility index (Phi) is 4.88. The molecule has 1 aliphatic rings. The highest BCUT2D eigenvalue weighted by Crippen LogP contribution is 2.23. The average molecular weight is 330 g/mol. The molecule has 1 fully saturated rings. The molecule has 1 aromatic carbocycles. The number of halogens is 2. The molecule has 21 heavy (non-hydrogen) atoms. The molecule has 2 rings (SSSR count). The Labute approximate surface area is 131 Å². The molecule has 2 atom stereocenters. The minimum atomic E-state index is -1.12. The SMILES string of the molecule is O=C(O)C1CC(O)CN1C(=O)/C=C/c1ccc(Cl)c(Cl)c1. The molecular weight excluding hydrogens is 317 g/mol. The molecule has 0 aliphatic carbocycles. The van der Waals surface area contributed by atoms with Crippen molar-refractivity contribution in [3.05, 3.63) is 39.9 Å². The van der Waals surface area contributed by atoms with Crippen molar-refractivity contribution in [3.63, 3.8) is 0 Å². The fourth-order valence-electron chi connectivity index (χ4n) is 2.17. The molecule has 7 heteroatoms. The number of nitrogens with zero attached hydrogens (tertiary/aromatic N) is 1. The monoisotopic (exact) mass is 329 g/mol. The van der Waals surface area contributed by atoms with Crippen molar-refractivity contribution in [1.29, 1.82) is 0 Å². The van der Waals surface area contributed by atoms with Crippen LogP contribution in [0.25, 0.3) is 6.08 Å². The van der Waals surface area contributed by atoms with Crippen molar-refractivity contribution in [2.24, 2.45) is 0 Å². The molecule has 0 spiro atoms. The van der Waals surface area contributed by atoms with Crippen molar-refractivity contribution < 1.29 is 19.8 Å². The third kappa shape index (κ3) is 3.75. The lowest BCUT2D eigenvalue weighted by Gasteiger charge is -2.19. The van der Waals surface area contributed by atoms with Crippen LogP contribution in [0.15, 0.2) is 24.3 Å². The quantitative estimate of drug-likeness (QED) is 0.832. The van der Waals surface area contributed by atoms with Gasteiger partial charge in [-0.1, -0.05) is 29.3 Å². The van der Waals surface area contributed by atoms with Gasteiger partial charge in [-0.15, -0.1) is 0 Å². The molecular formula is C14H13Cl2NO4. The van der Waals surface area contributed by atoms with E-state index in [0.717, 1.165) is 4.90 Å². The van der Waals surface area contributed by atoms with Crippen LogP contribution in [0.4, 0.5) is 0 Å². The van der Waals surface area contributed by atoms with Crippen LogP contribution in [0.1, 0.15) is 12.0 Å². The first kappa shape index (κ1) is 15.8. The van der Waals surface area contributed by atoms with Crippen LogP contribution in [-0.2, 0) is 9.59 Å². The molecule has 0 bridgehead atoms. The first-order chi connectivity index (χ1) is 9.88. The molecule has 1 saturated heterocycles. The van der Waals surface area contributed by atoms with E-state index in [0.29, 0.717) is 15.6 Å². The van der Waals surface area contributed by atoms with Crippen molar-refractivity contribution in [3.8, 4) is 0 Å². The summed E-state index contributed by atoms with van der Waals surface area (Å²) in [5.74, 6) is -1.59. The number of amides is 1. The number of hydrogen-bond acceptors (Lipinski definition) is 3. The Bertz CT molecular complexity index is 603. The predicted molar refractivity (Wildman–Crippen MR) is 79.3 cm³/mol. The Balaban J connectivity index is 2.11. The Morgan fingerprint density at radius 2 is 2.00 bits per heavy atom. The fourth-order valence-corrected chi connectivity index (χ4v) is 2.48. The number of likely N-dealkylation sites (tertiary alicyclic amines) is 1. The summed E-state index contributed by atoms with van der Waals surface area (Å²) in [7, 11) is 0. The maximum atomic E-state index is 12.0. The molecule has 0 radical (unpaired) electrons. The molecule has 112 valence electrons. The second-order valence-corrected chi connectivity index (χ2v) is 5.56. The normalized spacial score (nSPS) is 22.0. The fraction of sp³-hybridized carbons (Fsp3) is 0.286. The van der Waals surface area contributed by atoms with E-state index in [1.165, 1.54) is 12.2 Å². The molecule has 0 aromatic heterocycles. The number of rotatable bonds is 3. The van der Waals surface area contributed by atoms with Gasteiger partial charge in [0.2, 0.25) is 5.91 Å². The minimum Gasteiger partial charge on any atom is -0.480 e. The highest BCUT2D eigenvalue weighted by atomic mass is 35.5. The summed E-state index contributed by atoms with van der Waals surface area (Å²) >= 11 is 11.7. The number of carboxylic acids is 1. The van der Waals surface area contributed by atoms with Crippen LogP contribution in [-0.4, -0.2) is 45.7 Å². The lowest BCUT2D eigenvalue weighted by molar-refractivity contribution is -0.146. The number of carbonyl (C=O) groups excluding carboxylic acids is 1. The van der Waals surface area contributed by atoms with Crippen LogP contribution >= 0.6 is 23.2 Å². The average Bonchev–Trinajstić information content (AvgIpc) is 2.82. The van der Waals surface area contributed by atoms with E-state index in [9.17, 15) is 14.7 Å². The van der Waals surface area contributed by atoms with Gasteiger partial charge in [-0.2, -0.15) is 0 Å². The number of aliphatic carboxylic acids is 1. The topological polar surface area (TPSA) is 77.8 Å². The molecule has 2 N–H and O–H groups in total. The number of carbonyl (C=O) groups is 2. The van der Waals surface area contributed by atoms with Crippen LogP contribution in [0, 0.1) is 0 Å². The van der Waals surface area contributed by atoms with Crippen LogP contribution < -0.4 is 0 Å². The van der Waals surface area contributed by atoms with Crippen molar-refractivity contribution in [2.75, 3.05) is 6.54 Å². The first-order valence-corrected chi connectivity index (χ1v) is 6.98. The molecule has 2 unspecified atom stereocenters. The summed E-state index contributed by atoms with van der Waals surface area (Å²) in [6.07, 6.45) is 2.01. The summed E-state index contributed by atoms with van der Waals surface area (Å²) in [4.78, 5) is 24.2. The highest BCUT2D eigenvalue weighted by Gasteiger charge is 2.37. The van der Waals surface area contributed by atoms with Gasteiger partial charge in [0.15, 0.2) is 0 Å². The highest BCUT2D eigenvalue weighted by molar-refractivity contribution is 6.42. The van der Waals surface area contributed by atoms with Gasteiger partial charge in [-0.3, -0.25) is 4.79 Å². The predicted octanol–water partition coefficient (Wildman–Crippen LogP) is 2.05. The third-order valence-corrected chi connectivity index (χ3v) is 3.95. The molecule has 1 aromatic rings. The van der Waals surface area contributed by atoms with Crippen molar-refractivity contribution in [1.82, 2.24) is 4.90 Å². The number of β-amino-alcohol motifs (C(OH)–C–C–N with tert-alkyl or cyclic N) is 1. The zero-order valence-corrected chi connectivity index (χ0v) is 12.4. The number of benzene rings is 1. The van der Waals surface area contributed by atoms with Crippen molar-refractivity contribution >= 4 is 41.2 Å². The van der Waals surface area contributed by atoms with Gasteiger partial charge in [-0.05, 0) is 23.8 Å². The van der Waals surface area contributed by atoms with Crippen LogP contribution in [0.2, 0.25) is 10.0 Å². The van der Waals surface area contributed by atoms with Crippen LogP contribution in [0.3, 0.4) is 0 Å². The number of aliphatic hydroxyl groups is 1. The van der Waals surface area contributed by atoms with E-state index in [2.05, 4.69) is 0 Å². The van der Waals surface area contributed by atoms with Crippen molar-refractivity contribution in [2.45, 2.75) is 18.6 Å². The van der Waals surface area contributed by atoms with E-state index in [-0.39, 0.29) is 13.0 Å². The van der Waals surface area contributed by atoms with E-state index < -0.39 is 24.0 Å². The standard InChI is InChI=1S/C14H13Cl2NO4/c15-10-3-1-8(5-11(10)16)2-4-13(19)17-7-9(18)6-12(17)14(20)21/h1-5,9,12,18H,6-7H2,(H,20,21)/b4-2+. The molecule has 5 nitrogen and oxygen atoms in total. The lowest BCUT2D eigenvalue weighted by Crippen LogP contribution is -2.39. The summed E-state index contributed by atoms with van der Waals surface area (Å²) in [5, 5.41) is 19.3. The zero-order chi connectivity index (χ0) is 15.6. The molecule has 1 aliphatic heterocycles. The maximum Gasteiger partial charge on any atom is 0.326 e. The summed E-state index contributed by atoms with van der Waals surface area (Å²) in [6, 6.07) is 3.89. The molecule has 1 heterocycles. The largest absolute Gasteiger partial charge is 0.480 e. The second kappa shape index (κ2) is 6.47. The van der Waals surface area contributed by atoms with Gasteiger partial charge in [-0.25, -0.2) is 4.79 Å². The lowest BCUT2D eigenvalue weighted by atomic mass is 10.2. The smallest absolute Gasteiger partial charge is 0.326 e. The van der Waals surface area contributed by atoms with E-state index >= 15 is 0 Å². The summed E-state index contributed by atoms with van der Waals surface area (Å²) < 4.78 is 0. The van der Waals surface area contributed by atoms with Gasteiger partial charge >= 0.3 is 5.97 Å². The number of hydrogen-bond donors (Lipinski definition) is 2. The molecule has 0 saturated carbocycles. The van der Waals surface area contributed by atoms with Gasteiger partial charge in [0.25, 0.3) is 0 Å². The summed E-state index contributed by atoms with van der Waals surface area (Å²) in [6.45, 7) is 0.0154. The van der Waals surface area contributed by atoms with E-state index in [1.54, 1.807) is 18.2 Å². The van der Waals surface area contributed by atoms with E-state index in [4.69, 9.17) is 28.3 Å². The third-order valence-electron chi connectivity index (χ3n) is 3.21. The summed E-state index contributed by atoms with van der Waals surface area (Å²) in [5.41, 5.74) is 0.671. The molecule has 1 amide bonds. The van der Waals surface area contributed by atoms with Gasteiger partial charge in [0, 0.05) is 19.0 Å². The number of aliphatic hydroxyl groups excluding tert-OH is 1. The first-order valence-electron chi connectivity index (χ1n) is 6.23. The Morgan fingerprint density at radius 1 is 1.29 bits per heavy atom. The van der Waals surface area contributed by atoms with E-state index in [1.807, 2.05) is 0 Å². The number of carboxylic acid groups (broad SMARTS) is 1. The Hall–Kier alpha value is -1.56. The second-order valence-electron chi connectivity index (χ2n) is 4.74. The zero-order valence-electron chi connectivity index (χ0n) is 10.9. The van der Waals surface area contributed by atoms with Gasteiger partial charge in [0.1, 0.15) is 6.04 Å². The van der Waals surface area contributed by atoms with Gasteiger partial charge < -0.3 is 15.1 Å².